The summed E-state index contributed by atoms with van der Waals surface area (Å²) in [5, 5.41) is 11.7. The first-order valence-corrected chi connectivity index (χ1v) is 9.36. The van der Waals surface area contributed by atoms with E-state index < -0.39 is 16.7 Å². The minimum atomic E-state index is -0.631. The maximum absolute atomic E-state index is 13.0. The zero-order valence-corrected chi connectivity index (χ0v) is 16.5. The summed E-state index contributed by atoms with van der Waals surface area (Å²) in [6.45, 7) is 3.13. The van der Waals surface area contributed by atoms with Crippen LogP contribution in [0, 0.1) is 10.1 Å². The molecule has 29 heavy (non-hydrogen) atoms. The summed E-state index contributed by atoms with van der Waals surface area (Å²) in [7, 11) is 3.26. The molecule has 1 fully saturated rings. The summed E-state index contributed by atoms with van der Waals surface area (Å²) in [5.74, 6) is -1.09. The van der Waals surface area contributed by atoms with E-state index in [1.807, 2.05) is 11.9 Å². The van der Waals surface area contributed by atoms with Gasteiger partial charge < -0.3 is 14.5 Å². The van der Waals surface area contributed by atoms with Crippen molar-refractivity contribution in [2.45, 2.75) is 6.42 Å². The first-order valence-electron chi connectivity index (χ1n) is 9.36. The Bertz CT molecular complexity index is 944. The van der Waals surface area contributed by atoms with E-state index in [0.29, 0.717) is 18.8 Å². The quantitative estimate of drug-likeness (QED) is 0.331. The van der Waals surface area contributed by atoms with Gasteiger partial charge in [0, 0.05) is 36.8 Å². The molecule has 0 radical (unpaired) electrons. The van der Waals surface area contributed by atoms with Crippen LogP contribution in [0.1, 0.15) is 32.7 Å². The van der Waals surface area contributed by atoms with Crippen LogP contribution in [0.2, 0.25) is 0 Å². The van der Waals surface area contributed by atoms with E-state index in [4.69, 9.17) is 4.74 Å². The van der Waals surface area contributed by atoms with Crippen LogP contribution in [0.3, 0.4) is 0 Å². The Labute approximate surface area is 168 Å². The number of ether oxygens (including phenoxy) is 1. The lowest BCUT2D eigenvalue weighted by atomic mass is 9.97. The molecule has 0 bridgehead atoms. The number of ketones is 1. The van der Waals surface area contributed by atoms with Gasteiger partial charge in [0.2, 0.25) is 0 Å². The fraction of sp³-hybridized carbons (Fsp3) is 0.333. The van der Waals surface area contributed by atoms with Gasteiger partial charge in [0.1, 0.15) is 5.69 Å². The van der Waals surface area contributed by atoms with Gasteiger partial charge in [-0.15, -0.1) is 0 Å². The van der Waals surface area contributed by atoms with E-state index in [0.717, 1.165) is 19.5 Å². The molecule has 1 aliphatic heterocycles. The third kappa shape index (κ3) is 4.43. The molecule has 0 spiro atoms. The van der Waals surface area contributed by atoms with Crippen LogP contribution in [0.25, 0.3) is 0 Å². The Balaban J connectivity index is 1.98. The molecule has 3 rings (SSSR count). The Kier molecular flexibility index (Phi) is 6.23. The van der Waals surface area contributed by atoms with Crippen molar-refractivity contribution in [3.05, 3.63) is 69.3 Å². The topological polar surface area (TPSA) is 93.0 Å². The largest absolute Gasteiger partial charge is 0.465 e. The van der Waals surface area contributed by atoms with Gasteiger partial charge >= 0.3 is 5.97 Å². The van der Waals surface area contributed by atoms with Crippen molar-refractivity contribution in [3.8, 4) is 0 Å². The van der Waals surface area contributed by atoms with Gasteiger partial charge in [0.25, 0.3) is 5.69 Å². The number of methoxy groups -OCH3 is 1. The number of rotatable bonds is 5. The fourth-order valence-electron chi connectivity index (χ4n) is 3.49. The first-order chi connectivity index (χ1) is 13.9. The molecule has 2 aromatic carbocycles. The van der Waals surface area contributed by atoms with Crippen LogP contribution >= 0.6 is 0 Å². The molecule has 2 aromatic rings. The molecule has 0 amide bonds. The van der Waals surface area contributed by atoms with Crippen LogP contribution in [-0.4, -0.2) is 61.9 Å². The SMILES string of the molecule is COC(=O)c1ccccc1C(=O)c1ccc(N2CCCN(C)CC2)c([N+](=O)[O-])c1. The van der Waals surface area contributed by atoms with E-state index in [9.17, 15) is 19.7 Å². The fourth-order valence-corrected chi connectivity index (χ4v) is 3.49. The molecule has 1 saturated heterocycles. The number of benzene rings is 2. The Hall–Kier alpha value is -3.26. The third-order valence-corrected chi connectivity index (χ3v) is 5.07. The highest BCUT2D eigenvalue weighted by Gasteiger charge is 2.25. The minimum Gasteiger partial charge on any atom is -0.465 e. The van der Waals surface area contributed by atoms with Crippen molar-refractivity contribution >= 4 is 23.1 Å². The van der Waals surface area contributed by atoms with Crippen molar-refractivity contribution in [2.75, 3.05) is 45.2 Å². The number of likely N-dealkylation sites (N-methyl/N-ethyl adjacent to an activating group) is 1. The summed E-state index contributed by atoms with van der Waals surface area (Å²) in [5.41, 5.74) is 0.822. The van der Waals surface area contributed by atoms with E-state index in [1.54, 1.807) is 24.3 Å². The maximum atomic E-state index is 13.0. The van der Waals surface area contributed by atoms with Crippen LogP contribution < -0.4 is 4.90 Å². The molecule has 8 nitrogen and oxygen atoms in total. The molecular weight excluding hydrogens is 374 g/mol. The van der Waals surface area contributed by atoms with Crippen LogP contribution in [0.5, 0.6) is 0 Å². The van der Waals surface area contributed by atoms with Crippen LogP contribution in [0.15, 0.2) is 42.5 Å². The Morgan fingerprint density at radius 3 is 2.45 bits per heavy atom. The van der Waals surface area contributed by atoms with Crippen molar-refractivity contribution in [1.82, 2.24) is 4.90 Å². The molecule has 1 heterocycles. The van der Waals surface area contributed by atoms with E-state index in [1.165, 1.54) is 25.3 Å². The average Bonchev–Trinajstić information content (AvgIpc) is 2.96. The summed E-state index contributed by atoms with van der Waals surface area (Å²) >= 11 is 0. The minimum absolute atomic E-state index is 0.115. The van der Waals surface area contributed by atoms with E-state index in [2.05, 4.69) is 4.90 Å². The second-order valence-corrected chi connectivity index (χ2v) is 6.97. The Morgan fingerprint density at radius 2 is 1.76 bits per heavy atom. The second kappa shape index (κ2) is 8.83. The zero-order chi connectivity index (χ0) is 21.0. The lowest BCUT2D eigenvalue weighted by Gasteiger charge is -2.22. The summed E-state index contributed by atoms with van der Waals surface area (Å²) < 4.78 is 4.73. The summed E-state index contributed by atoms with van der Waals surface area (Å²) in [6.07, 6.45) is 0.904. The predicted molar refractivity (Wildman–Crippen MR) is 109 cm³/mol. The summed E-state index contributed by atoms with van der Waals surface area (Å²) in [6, 6.07) is 10.8. The van der Waals surface area contributed by atoms with Gasteiger partial charge in [-0.3, -0.25) is 14.9 Å². The highest BCUT2D eigenvalue weighted by molar-refractivity contribution is 6.14. The maximum Gasteiger partial charge on any atom is 0.338 e. The molecule has 0 aromatic heterocycles. The molecule has 8 heteroatoms. The van der Waals surface area contributed by atoms with Gasteiger partial charge in [0.05, 0.1) is 17.6 Å². The van der Waals surface area contributed by atoms with E-state index >= 15 is 0 Å². The lowest BCUT2D eigenvalue weighted by molar-refractivity contribution is -0.384. The monoisotopic (exact) mass is 397 g/mol. The third-order valence-electron chi connectivity index (χ3n) is 5.07. The lowest BCUT2D eigenvalue weighted by Crippen LogP contribution is -2.29. The summed E-state index contributed by atoms with van der Waals surface area (Å²) in [4.78, 5) is 40.4. The van der Waals surface area contributed by atoms with Gasteiger partial charge in [-0.25, -0.2) is 4.79 Å². The first kappa shape index (κ1) is 20.5. The number of carbonyl (C=O) groups is 2. The molecule has 0 aliphatic carbocycles. The highest BCUT2D eigenvalue weighted by atomic mass is 16.6. The van der Waals surface area contributed by atoms with Crippen LogP contribution in [-0.2, 0) is 4.74 Å². The number of esters is 1. The van der Waals surface area contributed by atoms with Crippen LogP contribution in [0.4, 0.5) is 11.4 Å². The van der Waals surface area contributed by atoms with Gasteiger partial charge in [-0.2, -0.15) is 0 Å². The average molecular weight is 397 g/mol. The van der Waals surface area contributed by atoms with Gasteiger partial charge in [0.15, 0.2) is 5.78 Å². The molecule has 1 aliphatic rings. The number of nitro groups is 1. The highest BCUT2D eigenvalue weighted by Crippen LogP contribution is 2.31. The number of nitro benzene ring substituents is 1. The number of carbonyl (C=O) groups excluding carboxylic acids is 2. The number of nitrogens with zero attached hydrogens (tertiary/aromatic N) is 3. The Morgan fingerprint density at radius 1 is 1.03 bits per heavy atom. The van der Waals surface area contributed by atoms with Gasteiger partial charge in [-0.05, 0) is 38.2 Å². The smallest absolute Gasteiger partial charge is 0.338 e. The molecule has 0 N–H and O–H groups in total. The number of anilines is 1. The molecule has 0 atom stereocenters. The van der Waals surface area contributed by atoms with Crippen molar-refractivity contribution in [2.24, 2.45) is 0 Å². The molecule has 152 valence electrons. The van der Waals surface area contributed by atoms with Crippen molar-refractivity contribution in [3.63, 3.8) is 0 Å². The number of hydrogen-bond acceptors (Lipinski definition) is 7. The molecular formula is C21H23N3O5. The van der Waals surface area contributed by atoms with Crippen molar-refractivity contribution in [1.29, 1.82) is 0 Å². The number of hydrogen-bond donors (Lipinski definition) is 0. The predicted octanol–water partition coefficient (Wildman–Crippen LogP) is 2.75. The van der Waals surface area contributed by atoms with E-state index in [-0.39, 0.29) is 22.4 Å². The van der Waals surface area contributed by atoms with Gasteiger partial charge in [-0.1, -0.05) is 18.2 Å². The molecule has 0 saturated carbocycles. The standard InChI is InChI=1S/C21H23N3O5/c1-22-10-5-11-23(13-12-22)18-9-8-15(14-19(18)24(27)28)20(25)16-6-3-4-7-17(16)21(26)29-2/h3-4,6-9,14H,5,10-13H2,1-2H3. The second-order valence-electron chi connectivity index (χ2n) is 6.97. The normalized spacial score (nSPS) is 14.9. The molecule has 0 unspecified atom stereocenters. The van der Waals surface area contributed by atoms with Crippen molar-refractivity contribution < 1.29 is 19.2 Å². The zero-order valence-electron chi connectivity index (χ0n) is 16.5.